The van der Waals surface area contributed by atoms with Gasteiger partial charge in [-0.05, 0) is 49.4 Å². The maximum atomic E-state index is 12.3. The summed E-state index contributed by atoms with van der Waals surface area (Å²) in [5.41, 5.74) is 1.82. The predicted octanol–water partition coefficient (Wildman–Crippen LogP) is 3.31. The van der Waals surface area contributed by atoms with Crippen molar-refractivity contribution in [1.82, 2.24) is 10.2 Å². The van der Waals surface area contributed by atoms with Gasteiger partial charge in [-0.15, -0.1) is 0 Å². The molecule has 0 aliphatic carbocycles. The molecule has 2 aromatic carbocycles. The Hall–Kier alpha value is -2.57. The predicted molar refractivity (Wildman–Crippen MR) is 106 cm³/mol. The molecule has 1 aliphatic rings. The number of carboxylic acid groups (broad SMARTS) is 1. The molecular formula is C20H22ClN3O3. The maximum Gasteiger partial charge on any atom is 0.409 e. The number of rotatable bonds is 4. The molecule has 1 aliphatic heterocycles. The van der Waals surface area contributed by atoms with Crippen LogP contribution < -0.4 is 10.2 Å². The number of benzene rings is 2. The van der Waals surface area contributed by atoms with Crippen molar-refractivity contribution < 1.29 is 14.7 Å². The number of Topliss-reactive ketones (excluding diaryl/α,β-unsaturated/α-hetero) is 1. The lowest BCUT2D eigenvalue weighted by Gasteiger charge is -2.48. The van der Waals surface area contributed by atoms with Crippen LogP contribution in [0.2, 0.25) is 5.02 Å². The van der Waals surface area contributed by atoms with E-state index in [1.54, 1.807) is 7.05 Å². The first-order valence-electron chi connectivity index (χ1n) is 8.69. The first-order valence-corrected chi connectivity index (χ1v) is 9.06. The maximum absolute atomic E-state index is 12.3. The van der Waals surface area contributed by atoms with Gasteiger partial charge in [0.25, 0.3) is 0 Å². The second kappa shape index (κ2) is 7.58. The number of hydrogen-bond acceptors (Lipinski definition) is 4. The van der Waals surface area contributed by atoms with Gasteiger partial charge < -0.3 is 10.0 Å². The second-order valence-electron chi connectivity index (χ2n) is 6.58. The third-order valence-electron chi connectivity index (χ3n) is 5.11. The summed E-state index contributed by atoms with van der Waals surface area (Å²) >= 11 is 5.94. The van der Waals surface area contributed by atoms with Crippen molar-refractivity contribution in [2.45, 2.75) is 12.6 Å². The van der Waals surface area contributed by atoms with Gasteiger partial charge in [-0.1, -0.05) is 35.9 Å². The fourth-order valence-corrected chi connectivity index (χ4v) is 3.66. The molecule has 1 heterocycles. The van der Waals surface area contributed by atoms with Crippen LogP contribution in [0.1, 0.15) is 6.92 Å². The van der Waals surface area contributed by atoms with Crippen molar-refractivity contribution >= 4 is 29.2 Å². The molecular weight excluding hydrogens is 366 g/mol. The van der Waals surface area contributed by atoms with Gasteiger partial charge in [0, 0.05) is 23.8 Å². The molecule has 0 saturated carbocycles. The van der Waals surface area contributed by atoms with Crippen LogP contribution in [0.25, 0.3) is 11.1 Å². The van der Waals surface area contributed by atoms with E-state index in [2.05, 4.69) is 5.32 Å². The van der Waals surface area contributed by atoms with Gasteiger partial charge in [0.1, 0.15) is 0 Å². The lowest BCUT2D eigenvalue weighted by atomic mass is 9.99. The van der Waals surface area contributed by atoms with Crippen LogP contribution >= 0.6 is 11.6 Å². The van der Waals surface area contributed by atoms with Crippen molar-refractivity contribution in [3.63, 3.8) is 0 Å². The van der Waals surface area contributed by atoms with Gasteiger partial charge in [-0.2, -0.15) is 0 Å². The number of halogens is 1. The summed E-state index contributed by atoms with van der Waals surface area (Å²) in [6, 6.07) is 15.6. The summed E-state index contributed by atoms with van der Waals surface area (Å²) in [5.74, 6) is -0.227. The lowest BCUT2D eigenvalue weighted by molar-refractivity contribution is -0.130. The lowest BCUT2D eigenvalue weighted by Crippen LogP contribution is -2.73. The number of carbonyl (C=O) groups is 2. The summed E-state index contributed by atoms with van der Waals surface area (Å²) in [6.07, 6.45) is -1.10. The number of nitrogens with zero attached hydrogens (tertiary/aromatic N) is 2. The molecule has 1 unspecified atom stereocenters. The van der Waals surface area contributed by atoms with E-state index in [1.807, 2.05) is 53.4 Å². The van der Waals surface area contributed by atoms with Crippen LogP contribution in [-0.4, -0.2) is 54.2 Å². The van der Waals surface area contributed by atoms with Crippen LogP contribution in [0, 0.1) is 0 Å². The van der Waals surface area contributed by atoms with Gasteiger partial charge in [0.2, 0.25) is 0 Å². The Balaban J connectivity index is 1.85. The Morgan fingerprint density at radius 3 is 2.07 bits per heavy atom. The Morgan fingerprint density at radius 1 is 1.04 bits per heavy atom. The first kappa shape index (κ1) is 19.2. The van der Waals surface area contributed by atoms with E-state index in [9.17, 15) is 14.7 Å². The molecule has 1 saturated heterocycles. The second-order valence-corrected chi connectivity index (χ2v) is 7.01. The van der Waals surface area contributed by atoms with Crippen LogP contribution in [-0.2, 0) is 4.79 Å². The summed E-state index contributed by atoms with van der Waals surface area (Å²) in [4.78, 5) is 27.1. The molecule has 0 spiro atoms. The fraction of sp³-hybridized carbons (Fsp3) is 0.300. The molecule has 0 radical (unpaired) electrons. The van der Waals surface area contributed by atoms with E-state index in [4.69, 9.17) is 11.6 Å². The standard InChI is InChI=1S/C20H22ClN3O3/c1-14(25)20(22-2)13-23(11-12-24(20)19(26)27)18-9-5-16(6-10-18)15-3-7-17(21)8-4-15/h3-10,22H,11-13H2,1-2H3,(H,26,27). The molecule has 7 heteroatoms. The molecule has 27 heavy (non-hydrogen) atoms. The van der Waals surface area contributed by atoms with Gasteiger partial charge >= 0.3 is 6.09 Å². The highest BCUT2D eigenvalue weighted by molar-refractivity contribution is 6.30. The summed E-state index contributed by atoms with van der Waals surface area (Å²) < 4.78 is 0. The molecule has 2 aromatic rings. The van der Waals surface area contributed by atoms with Crippen molar-refractivity contribution in [3.8, 4) is 11.1 Å². The molecule has 0 aromatic heterocycles. The highest BCUT2D eigenvalue weighted by Crippen LogP contribution is 2.28. The number of carbonyl (C=O) groups excluding carboxylic acids is 1. The van der Waals surface area contributed by atoms with Gasteiger partial charge in [-0.3, -0.25) is 15.0 Å². The molecule has 1 atom stereocenters. The Morgan fingerprint density at radius 2 is 1.59 bits per heavy atom. The summed E-state index contributed by atoms with van der Waals surface area (Å²) in [7, 11) is 1.62. The van der Waals surface area contributed by atoms with Crippen LogP contribution in [0.5, 0.6) is 0 Å². The van der Waals surface area contributed by atoms with E-state index in [-0.39, 0.29) is 18.9 Å². The SMILES string of the molecule is CNC1(C(C)=O)CN(c2ccc(-c3ccc(Cl)cc3)cc2)CCN1C(=O)O. The van der Waals surface area contributed by atoms with Gasteiger partial charge in [0.15, 0.2) is 11.4 Å². The number of ketones is 1. The van der Waals surface area contributed by atoms with E-state index in [1.165, 1.54) is 11.8 Å². The van der Waals surface area contributed by atoms with Crippen LogP contribution in [0.4, 0.5) is 10.5 Å². The third-order valence-corrected chi connectivity index (χ3v) is 5.36. The number of anilines is 1. The smallest absolute Gasteiger partial charge is 0.409 e. The Labute approximate surface area is 163 Å². The van der Waals surface area contributed by atoms with Crippen molar-refractivity contribution in [2.75, 3.05) is 31.6 Å². The van der Waals surface area contributed by atoms with Crippen molar-refractivity contribution in [3.05, 3.63) is 53.6 Å². The molecule has 3 rings (SSSR count). The molecule has 1 fully saturated rings. The van der Waals surface area contributed by atoms with Crippen molar-refractivity contribution in [2.24, 2.45) is 0 Å². The highest BCUT2D eigenvalue weighted by Gasteiger charge is 2.47. The van der Waals surface area contributed by atoms with Crippen LogP contribution in [0.3, 0.4) is 0 Å². The minimum atomic E-state index is -1.25. The number of likely N-dealkylation sites (N-methyl/N-ethyl adjacent to an activating group) is 1. The molecule has 142 valence electrons. The average Bonchev–Trinajstić information content (AvgIpc) is 2.68. The zero-order valence-corrected chi connectivity index (χ0v) is 16.0. The molecule has 1 amide bonds. The largest absolute Gasteiger partial charge is 0.465 e. The number of amides is 1. The monoisotopic (exact) mass is 387 g/mol. The zero-order valence-electron chi connectivity index (χ0n) is 15.3. The number of piperazine rings is 1. The van der Waals surface area contributed by atoms with E-state index in [0.717, 1.165) is 16.8 Å². The fourth-order valence-electron chi connectivity index (χ4n) is 3.53. The molecule has 2 N–H and O–H groups in total. The Kier molecular flexibility index (Phi) is 5.39. The molecule has 0 bridgehead atoms. The van der Waals surface area contributed by atoms with E-state index >= 15 is 0 Å². The first-order chi connectivity index (χ1) is 12.9. The van der Waals surface area contributed by atoms with Gasteiger partial charge in [-0.25, -0.2) is 4.79 Å². The Bertz CT molecular complexity index is 839. The van der Waals surface area contributed by atoms with E-state index in [0.29, 0.717) is 11.6 Å². The van der Waals surface area contributed by atoms with Gasteiger partial charge in [0.05, 0.1) is 6.54 Å². The third kappa shape index (κ3) is 3.63. The van der Waals surface area contributed by atoms with Crippen molar-refractivity contribution in [1.29, 1.82) is 0 Å². The number of nitrogens with one attached hydrogen (secondary N) is 1. The minimum absolute atomic E-state index is 0.227. The summed E-state index contributed by atoms with van der Waals surface area (Å²) in [6.45, 7) is 2.43. The quantitative estimate of drug-likeness (QED) is 0.842. The molecule has 6 nitrogen and oxygen atoms in total. The number of hydrogen-bond donors (Lipinski definition) is 2. The topological polar surface area (TPSA) is 72.9 Å². The normalized spacial score (nSPS) is 19.8. The van der Waals surface area contributed by atoms with E-state index < -0.39 is 11.8 Å². The van der Waals surface area contributed by atoms with Crippen LogP contribution in [0.15, 0.2) is 48.5 Å². The summed E-state index contributed by atoms with van der Waals surface area (Å²) in [5, 5.41) is 13.1. The zero-order chi connectivity index (χ0) is 19.6. The highest BCUT2D eigenvalue weighted by atomic mass is 35.5. The average molecular weight is 388 g/mol. The minimum Gasteiger partial charge on any atom is -0.465 e.